The SMILES string of the molecule is COC(=O)[C@H](Cc1ccccc1)N[C@H]1CS(=O)(=O)C[C@@H]1S(=O)(=O)c1ccccc1. The summed E-state index contributed by atoms with van der Waals surface area (Å²) < 4.78 is 55.6. The maximum absolute atomic E-state index is 13.1. The molecule has 1 heterocycles. The number of benzene rings is 2. The van der Waals surface area contributed by atoms with Gasteiger partial charge in [-0.05, 0) is 24.1 Å². The molecule has 1 N–H and O–H groups in total. The van der Waals surface area contributed by atoms with E-state index in [1.54, 1.807) is 18.2 Å². The first-order chi connectivity index (χ1) is 13.7. The smallest absolute Gasteiger partial charge is 0.323 e. The van der Waals surface area contributed by atoms with Gasteiger partial charge in [0.15, 0.2) is 19.7 Å². The third kappa shape index (κ3) is 5.04. The van der Waals surface area contributed by atoms with E-state index in [0.29, 0.717) is 0 Å². The number of methoxy groups -OCH3 is 1. The fourth-order valence-electron chi connectivity index (χ4n) is 3.52. The number of esters is 1. The highest BCUT2D eigenvalue weighted by molar-refractivity contribution is 7.96. The van der Waals surface area contributed by atoms with Crippen molar-refractivity contribution in [1.82, 2.24) is 5.32 Å². The lowest BCUT2D eigenvalue weighted by Crippen LogP contribution is -2.51. The molecule has 2 aromatic rings. The van der Waals surface area contributed by atoms with Gasteiger partial charge >= 0.3 is 5.97 Å². The van der Waals surface area contributed by atoms with Crippen LogP contribution in [0.1, 0.15) is 5.56 Å². The summed E-state index contributed by atoms with van der Waals surface area (Å²) in [6.45, 7) is 0. The van der Waals surface area contributed by atoms with Crippen LogP contribution < -0.4 is 5.32 Å². The van der Waals surface area contributed by atoms with Crippen LogP contribution in [0.3, 0.4) is 0 Å². The van der Waals surface area contributed by atoms with Crippen LogP contribution in [-0.2, 0) is 35.6 Å². The number of hydrogen-bond acceptors (Lipinski definition) is 7. The number of carbonyl (C=O) groups is 1. The molecule has 1 fully saturated rings. The predicted octanol–water partition coefficient (Wildman–Crippen LogP) is 1.000. The predicted molar refractivity (Wildman–Crippen MR) is 109 cm³/mol. The van der Waals surface area contributed by atoms with Crippen molar-refractivity contribution >= 4 is 25.6 Å². The number of sulfone groups is 2. The number of hydrogen-bond donors (Lipinski definition) is 1. The molecule has 0 saturated carbocycles. The fraction of sp³-hybridized carbons (Fsp3) is 0.350. The van der Waals surface area contributed by atoms with E-state index in [1.165, 1.54) is 19.2 Å². The number of carbonyl (C=O) groups excluding carboxylic acids is 1. The van der Waals surface area contributed by atoms with Crippen molar-refractivity contribution in [1.29, 1.82) is 0 Å². The lowest BCUT2D eigenvalue weighted by Gasteiger charge is -2.25. The molecule has 1 saturated heterocycles. The van der Waals surface area contributed by atoms with Crippen LogP contribution in [0, 0.1) is 0 Å². The summed E-state index contributed by atoms with van der Waals surface area (Å²) in [7, 11) is -6.24. The van der Waals surface area contributed by atoms with E-state index in [9.17, 15) is 21.6 Å². The summed E-state index contributed by atoms with van der Waals surface area (Å²) in [5.74, 6) is -1.42. The van der Waals surface area contributed by atoms with Gasteiger partial charge in [-0.25, -0.2) is 16.8 Å². The normalized spacial score (nSPS) is 22.1. The Hall–Kier alpha value is -2.23. The Labute approximate surface area is 170 Å². The first kappa shape index (κ1) is 21.5. The van der Waals surface area contributed by atoms with Crippen molar-refractivity contribution in [2.24, 2.45) is 0 Å². The largest absolute Gasteiger partial charge is 0.468 e. The monoisotopic (exact) mass is 437 g/mol. The average molecular weight is 438 g/mol. The molecular formula is C20H23NO6S2. The highest BCUT2D eigenvalue weighted by Crippen LogP contribution is 2.26. The van der Waals surface area contributed by atoms with Gasteiger partial charge in [0.05, 0.1) is 28.8 Å². The second kappa shape index (κ2) is 8.64. The molecule has 156 valence electrons. The van der Waals surface area contributed by atoms with Gasteiger partial charge in [-0.3, -0.25) is 10.1 Å². The quantitative estimate of drug-likeness (QED) is 0.644. The molecule has 0 amide bonds. The molecule has 1 aliphatic heterocycles. The van der Waals surface area contributed by atoms with Gasteiger partial charge in [0, 0.05) is 6.04 Å². The lowest BCUT2D eigenvalue weighted by molar-refractivity contribution is -0.143. The molecule has 0 unspecified atom stereocenters. The third-order valence-electron chi connectivity index (χ3n) is 4.95. The third-order valence-corrected chi connectivity index (χ3v) is 9.12. The summed E-state index contributed by atoms with van der Waals surface area (Å²) in [6.07, 6.45) is 0.252. The molecule has 29 heavy (non-hydrogen) atoms. The second-order valence-electron chi connectivity index (χ2n) is 7.01. The Morgan fingerprint density at radius 1 is 1.07 bits per heavy atom. The Morgan fingerprint density at radius 2 is 1.66 bits per heavy atom. The van der Waals surface area contributed by atoms with Crippen LogP contribution >= 0.6 is 0 Å². The maximum atomic E-state index is 13.1. The summed E-state index contributed by atoms with van der Waals surface area (Å²) in [6, 6.07) is 15.1. The summed E-state index contributed by atoms with van der Waals surface area (Å²) >= 11 is 0. The Bertz CT molecular complexity index is 1050. The van der Waals surface area contributed by atoms with Crippen LogP contribution in [0.5, 0.6) is 0 Å². The van der Waals surface area contributed by atoms with Crippen LogP contribution in [0.25, 0.3) is 0 Å². The molecule has 0 aromatic heterocycles. The standard InChI is InChI=1S/C20H23NO6S2/c1-27-20(22)17(12-15-8-4-2-5-9-15)21-18-13-28(23,24)14-19(18)29(25,26)16-10-6-3-7-11-16/h2-11,17-19,21H,12-14H2,1H3/t17-,18-,19-/m0/s1. The summed E-state index contributed by atoms with van der Waals surface area (Å²) in [5, 5.41) is 1.78. The number of rotatable bonds is 7. The minimum absolute atomic E-state index is 0.0616. The zero-order chi connectivity index (χ0) is 21.1. The van der Waals surface area contributed by atoms with Gasteiger partial charge in [-0.1, -0.05) is 48.5 Å². The van der Waals surface area contributed by atoms with Crippen LogP contribution in [0.2, 0.25) is 0 Å². The van der Waals surface area contributed by atoms with Crippen molar-refractivity contribution in [3.8, 4) is 0 Å². The number of nitrogens with one attached hydrogen (secondary N) is 1. The van der Waals surface area contributed by atoms with Crippen molar-refractivity contribution in [2.75, 3.05) is 18.6 Å². The minimum Gasteiger partial charge on any atom is -0.468 e. The van der Waals surface area contributed by atoms with Crippen molar-refractivity contribution in [3.05, 3.63) is 66.2 Å². The van der Waals surface area contributed by atoms with Crippen LogP contribution in [-0.4, -0.2) is 58.8 Å². The molecule has 1 aliphatic rings. The van der Waals surface area contributed by atoms with E-state index < -0.39 is 48.7 Å². The van der Waals surface area contributed by atoms with Gasteiger partial charge in [0.25, 0.3) is 0 Å². The van der Waals surface area contributed by atoms with E-state index in [4.69, 9.17) is 4.74 Å². The van der Waals surface area contributed by atoms with Crippen molar-refractivity contribution in [2.45, 2.75) is 28.6 Å². The lowest BCUT2D eigenvalue weighted by atomic mass is 10.0. The average Bonchev–Trinajstić information content (AvgIpc) is 3.03. The minimum atomic E-state index is -3.90. The highest BCUT2D eigenvalue weighted by Gasteiger charge is 2.47. The van der Waals surface area contributed by atoms with E-state index >= 15 is 0 Å². The maximum Gasteiger partial charge on any atom is 0.323 e. The number of ether oxygens (including phenoxy) is 1. The molecule has 0 bridgehead atoms. The van der Waals surface area contributed by atoms with E-state index in [-0.39, 0.29) is 17.1 Å². The molecule has 0 radical (unpaired) electrons. The van der Waals surface area contributed by atoms with Crippen LogP contribution in [0.4, 0.5) is 0 Å². The topological polar surface area (TPSA) is 107 Å². The first-order valence-electron chi connectivity index (χ1n) is 9.10. The zero-order valence-corrected chi connectivity index (χ0v) is 17.5. The van der Waals surface area contributed by atoms with E-state index in [0.717, 1.165) is 5.56 Å². The molecule has 0 aliphatic carbocycles. The van der Waals surface area contributed by atoms with Crippen LogP contribution in [0.15, 0.2) is 65.6 Å². The van der Waals surface area contributed by atoms with Gasteiger partial charge in [0.2, 0.25) is 0 Å². The van der Waals surface area contributed by atoms with Crippen molar-refractivity contribution < 1.29 is 26.4 Å². The van der Waals surface area contributed by atoms with Gasteiger partial charge in [0.1, 0.15) is 6.04 Å². The molecule has 2 aromatic carbocycles. The fourth-order valence-corrected chi connectivity index (χ4v) is 8.22. The first-order valence-corrected chi connectivity index (χ1v) is 12.5. The second-order valence-corrected chi connectivity index (χ2v) is 11.3. The summed E-state index contributed by atoms with van der Waals surface area (Å²) in [4.78, 5) is 12.4. The Kier molecular flexibility index (Phi) is 6.40. The molecular weight excluding hydrogens is 414 g/mol. The van der Waals surface area contributed by atoms with Gasteiger partial charge in [-0.2, -0.15) is 0 Å². The van der Waals surface area contributed by atoms with Gasteiger partial charge in [-0.15, -0.1) is 0 Å². The Morgan fingerprint density at radius 3 is 2.24 bits per heavy atom. The molecule has 3 rings (SSSR count). The van der Waals surface area contributed by atoms with Gasteiger partial charge < -0.3 is 4.74 Å². The van der Waals surface area contributed by atoms with Crippen molar-refractivity contribution in [3.63, 3.8) is 0 Å². The zero-order valence-electron chi connectivity index (χ0n) is 15.9. The summed E-state index contributed by atoms with van der Waals surface area (Å²) in [5.41, 5.74) is 0.846. The molecule has 0 spiro atoms. The van der Waals surface area contributed by atoms with E-state index in [1.807, 2.05) is 30.3 Å². The Balaban J connectivity index is 1.90. The van der Waals surface area contributed by atoms with E-state index in [2.05, 4.69) is 5.32 Å². The molecule has 9 heteroatoms. The molecule has 3 atom stereocenters. The highest BCUT2D eigenvalue weighted by atomic mass is 32.2. The molecule has 7 nitrogen and oxygen atoms in total.